The van der Waals surface area contributed by atoms with Gasteiger partial charge in [0.15, 0.2) is 5.15 Å². The lowest BCUT2D eigenvalue weighted by molar-refractivity contribution is 0.114. The zero-order valence-corrected chi connectivity index (χ0v) is 11.1. The number of aromatic nitrogens is 2. The molecule has 0 radical (unpaired) electrons. The van der Waals surface area contributed by atoms with Gasteiger partial charge in [0, 0.05) is 6.61 Å². The van der Waals surface area contributed by atoms with E-state index in [2.05, 4.69) is 13.8 Å². The number of hydrogen-bond donors (Lipinski definition) is 1. The van der Waals surface area contributed by atoms with Crippen molar-refractivity contribution in [2.45, 2.75) is 26.8 Å². The van der Waals surface area contributed by atoms with Crippen LogP contribution in [0.25, 0.3) is 0 Å². The zero-order chi connectivity index (χ0) is 13.7. The van der Waals surface area contributed by atoms with Gasteiger partial charge < -0.3 is 4.74 Å². The minimum absolute atomic E-state index is 0.000348. The van der Waals surface area contributed by atoms with Crippen LogP contribution >= 0.6 is 11.6 Å². The summed E-state index contributed by atoms with van der Waals surface area (Å²) >= 11 is 5.33. The highest BCUT2D eigenvalue weighted by atomic mass is 35.5. The van der Waals surface area contributed by atoms with Gasteiger partial charge in [-0.15, -0.1) is 0 Å². The molecule has 0 aliphatic carbocycles. The largest absolute Gasteiger partial charge is 0.380 e. The average molecular weight is 279 g/mol. The van der Waals surface area contributed by atoms with Gasteiger partial charge in [0.25, 0.3) is 5.56 Å². The number of nitrogens with one attached hydrogen (secondary N) is 1. The van der Waals surface area contributed by atoms with Crippen LogP contribution < -0.4 is 11.2 Å². The molecule has 0 saturated carbocycles. The molecule has 7 heteroatoms. The maximum Gasteiger partial charge on any atom is 0.329 e. The van der Waals surface area contributed by atoms with Crippen LogP contribution in [0.5, 0.6) is 0 Å². The van der Waals surface area contributed by atoms with Crippen LogP contribution in [0.1, 0.15) is 20.3 Å². The Hall–Kier alpha value is -1.14. The maximum atomic E-state index is 13.2. The molecule has 0 saturated heterocycles. The Morgan fingerprint density at radius 3 is 2.67 bits per heavy atom. The lowest BCUT2D eigenvalue weighted by Crippen LogP contribution is -2.38. The van der Waals surface area contributed by atoms with Crippen molar-refractivity contribution in [1.82, 2.24) is 9.55 Å². The normalized spacial score (nSPS) is 11.2. The minimum Gasteiger partial charge on any atom is -0.380 e. The molecule has 1 rings (SSSR count). The molecule has 1 N–H and O–H groups in total. The first kappa shape index (κ1) is 14.9. The van der Waals surface area contributed by atoms with Gasteiger partial charge in [0.2, 0.25) is 5.82 Å². The standard InChI is InChI=1S/C11H16ClFN2O3/c1-7(2)3-5-18-6-4-15-10(16)8(13)9(12)14-11(15)17/h7H,3-6H2,1-2H3,(H,14,17). The minimum atomic E-state index is -1.15. The first-order valence-corrected chi connectivity index (χ1v) is 6.07. The molecule has 1 heterocycles. The highest BCUT2D eigenvalue weighted by Crippen LogP contribution is 2.02. The number of aromatic amines is 1. The molecule has 0 aliphatic heterocycles. The lowest BCUT2D eigenvalue weighted by Gasteiger charge is -2.07. The Kier molecular flexibility index (Phi) is 5.55. The summed E-state index contributed by atoms with van der Waals surface area (Å²) in [6.45, 7) is 4.85. The summed E-state index contributed by atoms with van der Waals surface area (Å²) in [5.74, 6) is -0.637. The second-order valence-electron chi connectivity index (χ2n) is 4.31. The van der Waals surface area contributed by atoms with Crippen molar-refractivity contribution in [3.63, 3.8) is 0 Å². The summed E-state index contributed by atoms with van der Waals surface area (Å²) in [7, 11) is 0. The molecule has 0 fully saturated rings. The second kappa shape index (κ2) is 6.70. The molecule has 0 unspecified atom stereocenters. The fourth-order valence-corrected chi connectivity index (χ4v) is 1.46. The molecule has 0 aromatic carbocycles. The molecule has 5 nitrogen and oxygen atoms in total. The molecule has 0 atom stereocenters. The maximum absolute atomic E-state index is 13.2. The number of hydrogen-bond acceptors (Lipinski definition) is 3. The average Bonchev–Trinajstić information content (AvgIpc) is 2.29. The number of ether oxygens (including phenoxy) is 1. The van der Waals surface area contributed by atoms with E-state index in [1.165, 1.54) is 0 Å². The van der Waals surface area contributed by atoms with Crippen molar-refractivity contribution in [3.8, 4) is 0 Å². The van der Waals surface area contributed by atoms with Gasteiger partial charge in [-0.1, -0.05) is 25.4 Å². The molecular formula is C11H16ClFN2O3. The summed E-state index contributed by atoms with van der Waals surface area (Å²) in [5.41, 5.74) is -1.77. The number of halogens is 2. The van der Waals surface area contributed by atoms with Gasteiger partial charge in [-0.25, -0.2) is 4.79 Å². The third kappa shape index (κ3) is 3.96. The van der Waals surface area contributed by atoms with Crippen LogP contribution in [-0.4, -0.2) is 22.8 Å². The molecule has 0 aliphatic rings. The number of H-pyrrole nitrogens is 1. The Balaban J connectivity index is 2.61. The van der Waals surface area contributed by atoms with Crippen LogP contribution in [-0.2, 0) is 11.3 Å². The molecule has 102 valence electrons. The smallest absolute Gasteiger partial charge is 0.329 e. The summed E-state index contributed by atoms with van der Waals surface area (Å²) in [4.78, 5) is 24.8. The predicted octanol–water partition coefficient (Wildman–Crippen LogP) is 1.39. The fraction of sp³-hybridized carbons (Fsp3) is 0.636. The van der Waals surface area contributed by atoms with E-state index < -0.39 is 22.2 Å². The van der Waals surface area contributed by atoms with Crippen molar-refractivity contribution in [2.24, 2.45) is 5.92 Å². The van der Waals surface area contributed by atoms with Crippen molar-refractivity contribution < 1.29 is 9.13 Å². The van der Waals surface area contributed by atoms with E-state index in [1.807, 2.05) is 4.98 Å². The highest BCUT2D eigenvalue weighted by Gasteiger charge is 2.11. The lowest BCUT2D eigenvalue weighted by atomic mass is 10.1. The van der Waals surface area contributed by atoms with E-state index in [-0.39, 0.29) is 13.2 Å². The number of rotatable bonds is 6. The van der Waals surface area contributed by atoms with E-state index in [1.54, 1.807) is 0 Å². The van der Waals surface area contributed by atoms with Crippen LogP contribution in [0.4, 0.5) is 4.39 Å². The van der Waals surface area contributed by atoms with E-state index in [4.69, 9.17) is 16.3 Å². The third-order valence-corrected chi connectivity index (χ3v) is 2.65. The summed E-state index contributed by atoms with van der Waals surface area (Å²) in [6.07, 6.45) is 0.889. The third-order valence-electron chi connectivity index (χ3n) is 2.39. The summed E-state index contributed by atoms with van der Waals surface area (Å²) < 4.78 is 19.2. The van der Waals surface area contributed by atoms with Crippen molar-refractivity contribution in [2.75, 3.05) is 13.2 Å². The Labute approximate surface area is 109 Å². The highest BCUT2D eigenvalue weighted by molar-refractivity contribution is 6.29. The van der Waals surface area contributed by atoms with Gasteiger partial charge in [-0.2, -0.15) is 4.39 Å². The van der Waals surface area contributed by atoms with Crippen LogP contribution in [0.2, 0.25) is 5.15 Å². The zero-order valence-electron chi connectivity index (χ0n) is 10.3. The van der Waals surface area contributed by atoms with Gasteiger partial charge in [0.1, 0.15) is 0 Å². The Morgan fingerprint density at radius 1 is 1.39 bits per heavy atom. The van der Waals surface area contributed by atoms with Gasteiger partial charge >= 0.3 is 5.69 Å². The van der Waals surface area contributed by atoms with Crippen molar-refractivity contribution in [3.05, 3.63) is 31.8 Å². The molecule has 18 heavy (non-hydrogen) atoms. The molecule has 1 aromatic rings. The van der Waals surface area contributed by atoms with Gasteiger partial charge in [-0.3, -0.25) is 14.3 Å². The fourth-order valence-electron chi connectivity index (χ4n) is 1.30. The monoisotopic (exact) mass is 278 g/mol. The molecule has 1 aromatic heterocycles. The van der Waals surface area contributed by atoms with Crippen LogP contribution in [0.3, 0.4) is 0 Å². The van der Waals surface area contributed by atoms with E-state index in [9.17, 15) is 14.0 Å². The Morgan fingerprint density at radius 2 is 2.06 bits per heavy atom. The molecular weight excluding hydrogens is 263 g/mol. The summed E-state index contributed by atoms with van der Waals surface area (Å²) in [6, 6.07) is 0. The topological polar surface area (TPSA) is 64.1 Å². The van der Waals surface area contributed by atoms with E-state index in [0.717, 1.165) is 11.0 Å². The Bertz CT molecular complexity index is 510. The van der Waals surface area contributed by atoms with E-state index >= 15 is 0 Å². The quantitative estimate of drug-likeness (QED) is 0.632. The van der Waals surface area contributed by atoms with E-state index in [0.29, 0.717) is 12.5 Å². The molecule has 0 amide bonds. The van der Waals surface area contributed by atoms with Crippen LogP contribution in [0.15, 0.2) is 9.59 Å². The first-order chi connectivity index (χ1) is 8.43. The number of nitrogens with zero attached hydrogens (tertiary/aromatic N) is 1. The van der Waals surface area contributed by atoms with Crippen molar-refractivity contribution >= 4 is 11.6 Å². The van der Waals surface area contributed by atoms with Gasteiger partial charge in [-0.05, 0) is 12.3 Å². The second-order valence-corrected chi connectivity index (χ2v) is 4.69. The first-order valence-electron chi connectivity index (χ1n) is 5.69. The SMILES string of the molecule is CC(C)CCOCCn1c(=O)[nH]c(Cl)c(F)c1=O. The molecule has 0 spiro atoms. The predicted molar refractivity (Wildman–Crippen MR) is 66.6 cm³/mol. The van der Waals surface area contributed by atoms with Gasteiger partial charge in [0.05, 0.1) is 13.2 Å². The summed E-state index contributed by atoms with van der Waals surface area (Å²) in [5, 5.41) is -0.568. The molecule has 0 bridgehead atoms. The van der Waals surface area contributed by atoms with Crippen LogP contribution in [0, 0.1) is 11.7 Å². The van der Waals surface area contributed by atoms with Crippen molar-refractivity contribution in [1.29, 1.82) is 0 Å².